The van der Waals surface area contributed by atoms with Crippen LogP contribution in [0, 0.1) is 19.7 Å². The molecule has 17 heavy (non-hydrogen) atoms. The summed E-state index contributed by atoms with van der Waals surface area (Å²) < 4.78 is 14.1. The van der Waals surface area contributed by atoms with Crippen LogP contribution in [-0.4, -0.2) is 5.78 Å². The molecule has 0 saturated carbocycles. The molecule has 0 unspecified atom stereocenters. The highest BCUT2D eigenvalue weighted by Gasteiger charge is 2.15. The molecular formula is C13H10BrFOS. The quantitative estimate of drug-likeness (QED) is 0.746. The fourth-order valence-electron chi connectivity index (χ4n) is 1.61. The Morgan fingerprint density at radius 2 is 2.00 bits per heavy atom. The van der Waals surface area contributed by atoms with Crippen LogP contribution in [0.15, 0.2) is 28.1 Å². The number of ketones is 1. The van der Waals surface area contributed by atoms with E-state index in [4.69, 9.17) is 0 Å². The average molecular weight is 313 g/mol. The highest BCUT2D eigenvalue weighted by Crippen LogP contribution is 2.28. The minimum absolute atomic E-state index is 0.0625. The number of halogens is 2. The van der Waals surface area contributed by atoms with Crippen LogP contribution < -0.4 is 0 Å². The van der Waals surface area contributed by atoms with E-state index in [9.17, 15) is 9.18 Å². The van der Waals surface area contributed by atoms with E-state index in [1.54, 1.807) is 19.1 Å². The van der Waals surface area contributed by atoms with Gasteiger partial charge in [0.25, 0.3) is 0 Å². The van der Waals surface area contributed by atoms with E-state index in [1.807, 2.05) is 6.92 Å². The van der Waals surface area contributed by atoms with Gasteiger partial charge in [-0.15, -0.1) is 11.3 Å². The third-order valence-electron chi connectivity index (χ3n) is 2.55. The standard InChI is InChI=1S/C13H10BrFOS/c1-7-5-9(3-4-11(7)15)13(16)10-6-12(14)17-8(10)2/h3-6H,1-2H3. The molecule has 0 saturated heterocycles. The number of rotatable bonds is 2. The van der Waals surface area contributed by atoms with Crippen molar-refractivity contribution in [2.75, 3.05) is 0 Å². The molecule has 88 valence electrons. The number of thiophene rings is 1. The van der Waals surface area contributed by atoms with Crippen molar-refractivity contribution in [1.29, 1.82) is 0 Å². The van der Waals surface area contributed by atoms with Gasteiger partial charge in [-0.05, 0) is 59.6 Å². The second-order valence-corrected chi connectivity index (χ2v) is 6.45. The van der Waals surface area contributed by atoms with Gasteiger partial charge in [-0.25, -0.2) is 4.39 Å². The number of hydrogen-bond donors (Lipinski definition) is 0. The average Bonchev–Trinajstić information content (AvgIpc) is 2.61. The van der Waals surface area contributed by atoms with E-state index in [-0.39, 0.29) is 11.6 Å². The van der Waals surface area contributed by atoms with Crippen molar-refractivity contribution in [3.05, 3.63) is 55.4 Å². The minimum atomic E-state index is -0.287. The van der Waals surface area contributed by atoms with Crippen LogP contribution in [0.2, 0.25) is 0 Å². The normalized spacial score (nSPS) is 10.6. The summed E-state index contributed by atoms with van der Waals surface area (Å²) in [5.74, 6) is -0.350. The van der Waals surface area contributed by atoms with Crippen molar-refractivity contribution in [3.63, 3.8) is 0 Å². The minimum Gasteiger partial charge on any atom is -0.289 e. The summed E-state index contributed by atoms with van der Waals surface area (Å²) in [6.07, 6.45) is 0. The maximum Gasteiger partial charge on any atom is 0.194 e. The van der Waals surface area contributed by atoms with Crippen LogP contribution >= 0.6 is 27.3 Å². The lowest BCUT2D eigenvalue weighted by Crippen LogP contribution is -2.02. The van der Waals surface area contributed by atoms with Gasteiger partial charge in [0.1, 0.15) is 5.82 Å². The lowest BCUT2D eigenvalue weighted by molar-refractivity contribution is 0.103. The molecule has 2 rings (SSSR count). The fraction of sp³-hybridized carbons (Fsp3) is 0.154. The van der Waals surface area contributed by atoms with Crippen molar-refractivity contribution in [3.8, 4) is 0 Å². The number of benzene rings is 1. The SMILES string of the molecule is Cc1cc(C(=O)c2cc(Br)sc2C)ccc1F. The highest BCUT2D eigenvalue weighted by atomic mass is 79.9. The molecule has 0 atom stereocenters. The number of carbonyl (C=O) groups excluding carboxylic acids is 1. The van der Waals surface area contributed by atoms with Gasteiger partial charge in [0.15, 0.2) is 5.78 Å². The topological polar surface area (TPSA) is 17.1 Å². The first-order chi connectivity index (χ1) is 7.99. The lowest BCUT2D eigenvalue weighted by atomic mass is 10.0. The Bertz CT molecular complexity index is 589. The predicted molar refractivity (Wildman–Crippen MR) is 71.3 cm³/mol. The molecule has 0 fully saturated rings. The molecule has 1 aromatic heterocycles. The van der Waals surface area contributed by atoms with Gasteiger partial charge in [-0.1, -0.05) is 0 Å². The molecule has 4 heteroatoms. The van der Waals surface area contributed by atoms with E-state index < -0.39 is 0 Å². The number of aryl methyl sites for hydroxylation is 2. The first-order valence-electron chi connectivity index (χ1n) is 5.06. The molecule has 0 N–H and O–H groups in total. The van der Waals surface area contributed by atoms with E-state index in [1.165, 1.54) is 23.5 Å². The number of carbonyl (C=O) groups is 1. The van der Waals surface area contributed by atoms with Crippen LogP contribution in [-0.2, 0) is 0 Å². The van der Waals surface area contributed by atoms with E-state index in [0.29, 0.717) is 16.7 Å². The zero-order chi connectivity index (χ0) is 12.6. The third-order valence-corrected chi connectivity index (χ3v) is 4.11. The van der Waals surface area contributed by atoms with Gasteiger partial charge in [-0.3, -0.25) is 4.79 Å². The zero-order valence-electron chi connectivity index (χ0n) is 9.38. The summed E-state index contributed by atoms with van der Waals surface area (Å²) in [5.41, 5.74) is 1.69. The van der Waals surface area contributed by atoms with Crippen molar-refractivity contribution < 1.29 is 9.18 Å². The molecule has 0 aliphatic heterocycles. The van der Waals surface area contributed by atoms with Crippen molar-refractivity contribution in [2.45, 2.75) is 13.8 Å². The van der Waals surface area contributed by atoms with Gasteiger partial charge in [0.05, 0.1) is 3.79 Å². The van der Waals surface area contributed by atoms with Gasteiger partial charge in [0.2, 0.25) is 0 Å². The van der Waals surface area contributed by atoms with E-state index >= 15 is 0 Å². The lowest BCUT2D eigenvalue weighted by Gasteiger charge is -2.02. The first kappa shape index (κ1) is 12.5. The van der Waals surface area contributed by atoms with Crippen LogP contribution in [0.1, 0.15) is 26.4 Å². The Hall–Kier alpha value is -1.00. The maximum atomic E-state index is 13.1. The Balaban J connectivity index is 2.44. The second kappa shape index (κ2) is 4.70. The first-order valence-corrected chi connectivity index (χ1v) is 6.67. The van der Waals surface area contributed by atoms with Gasteiger partial charge < -0.3 is 0 Å². The molecule has 2 aromatic rings. The van der Waals surface area contributed by atoms with E-state index in [2.05, 4.69) is 15.9 Å². The molecule has 0 aliphatic rings. The smallest absolute Gasteiger partial charge is 0.194 e. The largest absolute Gasteiger partial charge is 0.289 e. The summed E-state index contributed by atoms with van der Waals surface area (Å²) in [5, 5.41) is 0. The maximum absolute atomic E-state index is 13.1. The van der Waals surface area contributed by atoms with Gasteiger partial charge in [-0.2, -0.15) is 0 Å². The zero-order valence-corrected chi connectivity index (χ0v) is 11.8. The van der Waals surface area contributed by atoms with Crippen LogP contribution in [0.5, 0.6) is 0 Å². The molecule has 0 aliphatic carbocycles. The summed E-state index contributed by atoms with van der Waals surface area (Å²) in [6.45, 7) is 3.56. The molecule has 0 spiro atoms. The van der Waals surface area contributed by atoms with Crippen molar-refractivity contribution in [1.82, 2.24) is 0 Å². The predicted octanol–water partition coefficient (Wildman–Crippen LogP) is 4.50. The molecule has 0 bridgehead atoms. The number of hydrogen-bond acceptors (Lipinski definition) is 2. The summed E-state index contributed by atoms with van der Waals surface area (Å²) in [6, 6.07) is 6.25. The summed E-state index contributed by atoms with van der Waals surface area (Å²) >= 11 is 4.88. The van der Waals surface area contributed by atoms with Gasteiger partial charge in [0, 0.05) is 16.0 Å². The molecule has 0 amide bonds. The second-order valence-electron chi connectivity index (χ2n) is 3.81. The summed E-state index contributed by atoms with van der Waals surface area (Å²) in [4.78, 5) is 13.2. The summed E-state index contributed by atoms with van der Waals surface area (Å²) in [7, 11) is 0. The Morgan fingerprint density at radius 3 is 2.53 bits per heavy atom. The van der Waals surface area contributed by atoms with E-state index in [0.717, 1.165) is 8.66 Å². The Kier molecular flexibility index (Phi) is 3.45. The monoisotopic (exact) mass is 312 g/mol. The van der Waals surface area contributed by atoms with Crippen molar-refractivity contribution in [2.24, 2.45) is 0 Å². The molecular weight excluding hydrogens is 303 g/mol. The van der Waals surface area contributed by atoms with Crippen molar-refractivity contribution >= 4 is 33.0 Å². The Labute approximate surface area is 111 Å². The van der Waals surface area contributed by atoms with Gasteiger partial charge >= 0.3 is 0 Å². The highest BCUT2D eigenvalue weighted by molar-refractivity contribution is 9.11. The molecule has 1 aromatic carbocycles. The molecule has 1 nitrogen and oxygen atoms in total. The van der Waals surface area contributed by atoms with Crippen LogP contribution in [0.25, 0.3) is 0 Å². The Morgan fingerprint density at radius 1 is 1.29 bits per heavy atom. The van der Waals surface area contributed by atoms with Crippen LogP contribution in [0.3, 0.4) is 0 Å². The van der Waals surface area contributed by atoms with Crippen LogP contribution in [0.4, 0.5) is 4.39 Å². The third kappa shape index (κ3) is 2.48. The fourth-order valence-corrected chi connectivity index (χ4v) is 3.30. The molecule has 1 heterocycles. The molecule has 0 radical (unpaired) electrons.